The molecule has 0 aromatic rings. The first-order valence-electron chi connectivity index (χ1n) is 8.19. The van der Waals surface area contributed by atoms with Crippen LogP contribution in [0.4, 0.5) is 0 Å². The second-order valence-electron chi connectivity index (χ2n) is 6.79. The van der Waals surface area contributed by atoms with Crippen molar-refractivity contribution in [3.63, 3.8) is 0 Å². The van der Waals surface area contributed by atoms with Gasteiger partial charge in [0, 0.05) is 13.1 Å². The largest absolute Gasteiger partial charge is 0.469 e. The van der Waals surface area contributed by atoms with Crippen molar-refractivity contribution in [2.24, 2.45) is 5.92 Å². The SMILES string of the molecule is COC(=O)[C@H]1CCCN(CC2CCC3(CCCC3)O2)C1. The molecule has 3 fully saturated rings. The van der Waals surface area contributed by atoms with E-state index in [1.807, 2.05) is 0 Å². The minimum absolute atomic E-state index is 0.0469. The van der Waals surface area contributed by atoms with Gasteiger partial charge in [-0.25, -0.2) is 0 Å². The van der Waals surface area contributed by atoms with Crippen molar-refractivity contribution in [1.82, 2.24) is 4.90 Å². The molecule has 0 radical (unpaired) electrons. The lowest BCUT2D eigenvalue weighted by atomic mass is 9.97. The van der Waals surface area contributed by atoms with E-state index in [1.165, 1.54) is 45.6 Å². The molecule has 4 nitrogen and oxygen atoms in total. The van der Waals surface area contributed by atoms with E-state index in [4.69, 9.17) is 9.47 Å². The van der Waals surface area contributed by atoms with Crippen LogP contribution in [-0.4, -0.2) is 49.3 Å². The average Bonchev–Trinajstić information content (AvgIpc) is 3.09. The highest BCUT2D eigenvalue weighted by Gasteiger charge is 2.42. The Hall–Kier alpha value is -0.610. The summed E-state index contributed by atoms with van der Waals surface area (Å²) in [6.07, 6.45) is 10.1. The molecule has 2 aliphatic heterocycles. The zero-order valence-electron chi connectivity index (χ0n) is 12.6. The van der Waals surface area contributed by atoms with Crippen molar-refractivity contribution < 1.29 is 14.3 Å². The van der Waals surface area contributed by atoms with Gasteiger partial charge in [0.2, 0.25) is 0 Å². The maximum Gasteiger partial charge on any atom is 0.309 e. The van der Waals surface area contributed by atoms with Crippen LogP contribution in [0.15, 0.2) is 0 Å². The number of hydrogen-bond donors (Lipinski definition) is 0. The van der Waals surface area contributed by atoms with Crippen LogP contribution in [-0.2, 0) is 14.3 Å². The lowest BCUT2D eigenvalue weighted by molar-refractivity contribution is -0.147. The van der Waals surface area contributed by atoms with E-state index in [1.54, 1.807) is 0 Å². The van der Waals surface area contributed by atoms with Gasteiger partial charge >= 0.3 is 5.97 Å². The predicted octanol–water partition coefficient (Wildman–Crippen LogP) is 2.36. The maximum atomic E-state index is 11.7. The molecule has 1 spiro atoms. The summed E-state index contributed by atoms with van der Waals surface area (Å²) >= 11 is 0. The van der Waals surface area contributed by atoms with Crippen molar-refractivity contribution >= 4 is 5.97 Å². The molecule has 0 amide bonds. The highest BCUT2D eigenvalue weighted by atomic mass is 16.5. The Morgan fingerprint density at radius 2 is 2.05 bits per heavy atom. The molecule has 1 saturated carbocycles. The predicted molar refractivity (Wildman–Crippen MR) is 76.5 cm³/mol. The highest BCUT2D eigenvalue weighted by molar-refractivity contribution is 5.72. The number of hydrogen-bond acceptors (Lipinski definition) is 4. The minimum Gasteiger partial charge on any atom is -0.469 e. The summed E-state index contributed by atoms with van der Waals surface area (Å²) < 4.78 is 11.3. The van der Waals surface area contributed by atoms with Crippen LogP contribution in [0.5, 0.6) is 0 Å². The van der Waals surface area contributed by atoms with E-state index in [0.29, 0.717) is 6.10 Å². The molecule has 3 rings (SSSR count). The van der Waals surface area contributed by atoms with E-state index in [0.717, 1.165) is 32.5 Å². The first-order valence-corrected chi connectivity index (χ1v) is 8.19. The summed E-state index contributed by atoms with van der Waals surface area (Å²) in [6, 6.07) is 0. The highest BCUT2D eigenvalue weighted by Crippen LogP contribution is 2.43. The number of rotatable bonds is 3. The molecule has 1 unspecified atom stereocenters. The molecule has 2 saturated heterocycles. The van der Waals surface area contributed by atoms with Crippen molar-refractivity contribution in [1.29, 1.82) is 0 Å². The molecular formula is C16H27NO3. The lowest BCUT2D eigenvalue weighted by Gasteiger charge is -2.33. The topological polar surface area (TPSA) is 38.8 Å². The molecular weight excluding hydrogens is 254 g/mol. The van der Waals surface area contributed by atoms with Gasteiger partial charge in [0.25, 0.3) is 0 Å². The van der Waals surface area contributed by atoms with E-state index in [9.17, 15) is 4.79 Å². The zero-order valence-corrected chi connectivity index (χ0v) is 12.6. The number of piperidine rings is 1. The van der Waals surface area contributed by atoms with Crippen molar-refractivity contribution in [2.45, 2.75) is 63.1 Å². The van der Waals surface area contributed by atoms with Gasteiger partial charge in [-0.3, -0.25) is 9.69 Å². The average molecular weight is 281 g/mol. The summed E-state index contributed by atoms with van der Waals surface area (Å²) in [7, 11) is 1.49. The molecule has 0 N–H and O–H groups in total. The van der Waals surface area contributed by atoms with E-state index < -0.39 is 0 Å². The van der Waals surface area contributed by atoms with Crippen LogP contribution in [0.2, 0.25) is 0 Å². The fourth-order valence-corrected chi connectivity index (χ4v) is 4.28. The monoisotopic (exact) mass is 281 g/mol. The van der Waals surface area contributed by atoms with Crippen LogP contribution >= 0.6 is 0 Å². The van der Waals surface area contributed by atoms with E-state index in [2.05, 4.69) is 4.90 Å². The summed E-state index contributed by atoms with van der Waals surface area (Å²) in [6.45, 7) is 2.94. The Labute approximate surface area is 121 Å². The molecule has 0 bridgehead atoms. The number of nitrogens with zero attached hydrogens (tertiary/aromatic N) is 1. The normalized spacial score (nSPS) is 33.6. The number of methoxy groups -OCH3 is 1. The smallest absolute Gasteiger partial charge is 0.309 e. The second kappa shape index (κ2) is 6.02. The van der Waals surface area contributed by atoms with Crippen LogP contribution in [0.25, 0.3) is 0 Å². The van der Waals surface area contributed by atoms with E-state index >= 15 is 0 Å². The second-order valence-corrected chi connectivity index (χ2v) is 6.79. The number of esters is 1. The Bertz CT molecular complexity index is 352. The summed E-state index contributed by atoms with van der Waals surface area (Å²) in [5.41, 5.74) is 0.224. The summed E-state index contributed by atoms with van der Waals surface area (Å²) in [5.74, 6) is 0.0184. The fourth-order valence-electron chi connectivity index (χ4n) is 4.28. The quantitative estimate of drug-likeness (QED) is 0.744. The van der Waals surface area contributed by atoms with Crippen LogP contribution < -0.4 is 0 Å². The molecule has 20 heavy (non-hydrogen) atoms. The van der Waals surface area contributed by atoms with Gasteiger partial charge in [0.05, 0.1) is 24.7 Å². The van der Waals surface area contributed by atoms with Gasteiger partial charge in [0.15, 0.2) is 0 Å². The van der Waals surface area contributed by atoms with Gasteiger partial charge in [-0.1, -0.05) is 12.8 Å². The van der Waals surface area contributed by atoms with Crippen LogP contribution in [0, 0.1) is 5.92 Å². The molecule has 3 aliphatic rings. The van der Waals surface area contributed by atoms with Crippen molar-refractivity contribution in [2.75, 3.05) is 26.7 Å². The first kappa shape index (κ1) is 14.3. The number of carbonyl (C=O) groups excluding carboxylic acids is 1. The molecule has 114 valence electrons. The fraction of sp³-hybridized carbons (Fsp3) is 0.938. The summed E-state index contributed by atoms with van der Waals surface area (Å²) in [4.78, 5) is 14.1. The molecule has 2 atom stereocenters. The number of likely N-dealkylation sites (tertiary alicyclic amines) is 1. The third-order valence-corrected chi connectivity index (χ3v) is 5.36. The molecule has 0 aromatic heterocycles. The van der Waals surface area contributed by atoms with E-state index in [-0.39, 0.29) is 17.5 Å². The molecule has 1 aliphatic carbocycles. The lowest BCUT2D eigenvalue weighted by Crippen LogP contribution is -2.43. The Balaban J connectivity index is 1.49. The Kier molecular flexibility index (Phi) is 4.32. The standard InChI is InChI=1S/C16H27NO3/c1-19-15(18)13-5-4-10-17(11-13)12-14-6-9-16(20-14)7-2-3-8-16/h13-14H,2-12H2,1H3/t13-,14?/m0/s1. The summed E-state index contributed by atoms with van der Waals surface area (Å²) in [5, 5.41) is 0. The van der Waals surface area contributed by atoms with Crippen LogP contribution in [0.1, 0.15) is 51.4 Å². The van der Waals surface area contributed by atoms with Crippen molar-refractivity contribution in [3.8, 4) is 0 Å². The van der Waals surface area contributed by atoms with Gasteiger partial charge < -0.3 is 9.47 Å². The number of carbonyl (C=O) groups is 1. The van der Waals surface area contributed by atoms with Gasteiger partial charge in [0.1, 0.15) is 0 Å². The van der Waals surface area contributed by atoms with Crippen LogP contribution in [0.3, 0.4) is 0 Å². The molecule has 4 heteroatoms. The minimum atomic E-state index is -0.0469. The first-order chi connectivity index (χ1) is 9.71. The van der Waals surface area contributed by atoms with Gasteiger partial charge in [-0.05, 0) is 45.1 Å². The van der Waals surface area contributed by atoms with Gasteiger partial charge in [-0.15, -0.1) is 0 Å². The molecule has 0 aromatic carbocycles. The van der Waals surface area contributed by atoms with Gasteiger partial charge in [-0.2, -0.15) is 0 Å². The maximum absolute atomic E-state index is 11.7. The zero-order chi connectivity index (χ0) is 14.0. The van der Waals surface area contributed by atoms with Crippen molar-refractivity contribution in [3.05, 3.63) is 0 Å². The molecule has 2 heterocycles. The Morgan fingerprint density at radius 1 is 1.25 bits per heavy atom. The number of ether oxygens (including phenoxy) is 2. The Morgan fingerprint density at radius 3 is 2.80 bits per heavy atom. The third-order valence-electron chi connectivity index (χ3n) is 5.36. The third kappa shape index (κ3) is 3.01.